The lowest BCUT2D eigenvalue weighted by Crippen LogP contribution is -2.30. The summed E-state index contributed by atoms with van der Waals surface area (Å²) >= 11 is 0. The van der Waals surface area contributed by atoms with E-state index in [2.05, 4.69) is 4.98 Å². The van der Waals surface area contributed by atoms with Gasteiger partial charge >= 0.3 is 6.18 Å². The van der Waals surface area contributed by atoms with Crippen molar-refractivity contribution in [2.45, 2.75) is 32.5 Å². The molecular weight excluding hydrogens is 205 g/mol. The topological polar surface area (TPSA) is 38.9 Å². The maximum Gasteiger partial charge on any atom is 0.416 e. The smallest absolute Gasteiger partial charge is 0.321 e. The number of hydrogen-bond acceptors (Lipinski definition) is 2. The van der Waals surface area contributed by atoms with Crippen LogP contribution in [-0.2, 0) is 11.7 Å². The molecule has 0 aliphatic heterocycles. The Bertz CT molecular complexity index is 364. The fourth-order valence-electron chi connectivity index (χ4n) is 1.18. The molecule has 5 heteroatoms. The highest BCUT2D eigenvalue weighted by molar-refractivity contribution is 5.30. The molecule has 1 aromatic rings. The minimum Gasteiger partial charge on any atom is -0.321 e. The predicted octanol–water partition coefficient (Wildman–Crippen LogP) is 2.60. The molecule has 15 heavy (non-hydrogen) atoms. The van der Waals surface area contributed by atoms with Gasteiger partial charge in [0, 0.05) is 6.20 Å². The monoisotopic (exact) mass is 218 g/mol. The molecule has 1 heterocycles. The van der Waals surface area contributed by atoms with Crippen LogP contribution < -0.4 is 5.73 Å². The van der Waals surface area contributed by atoms with E-state index in [4.69, 9.17) is 5.73 Å². The van der Waals surface area contributed by atoms with Crippen molar-refractivity contribution in [2.75, 3.05) is 0 Å². The summed E-state index contributed by atoms with van der Waals surface area (Å²) in [6, 6.07) is 1.01. The van der Waals surface area contributed by atoms with Crippen molar-refractivity contribution < 1.29 is 13.2 Å². The average Bonchev–Trinajstić information content (AvgIpc) is 2.00. The summed E-state index contributed by atoms with van der Waals surface area (Å²) in [5.41, 5.74) is 4.49. The Morgan fingerprint density at radius 2 is 1.80 bits per heavy atom. The number of pyridine rings is 1. The first-order valence-corrected chi connectivity index (χ1v) is 4.45. The molecule has 0 saturated carbocycles. The lowest BCUT2D eigenvalue weighted by molar-refractivity contribution is -0.138. The molecule has 0 aliphatic carbocycles. The molecule has 1 aromatic heterocycles. The first-order valence-electron chi connectivity index (χ1n) is 4.45. The van der Waals surface area contributed by atoms with Gasteiger partial charge in [0.15, 0.2) is 0 Å². The molecule has 0 bridgehead atoms. The molecule has 2 N–H and O–H groups in total. The lowest BCUT2D eigenvalue weighted by Gasteiger charge is -2.20. The number of halogens is 3. The molecule has 0 unspecified atom stereocenters. The van der Waals surface area contributed by atoms with Crippen LogP contribution in [0, 0.1) is 6.92 Å². The van der Waals surface area contributed by atoms with E-state index in [-0.39, 0.29) is 11.3 Å². The van der Waals surface area contributed by atoms with Gasteiger partial charge in [-0.15, -0.1) is 0 Å². The molecular formula is C10H13F3N2. The van der Waals surface area contributed by atoms with E-state index in [9.17, 15) is 13.2 Å². The van der Waals surface area contributed by atoms with Crippen LogP contribution in [0.5, 0.6) is 0 Å². The van der Waals surface area contributed by atoms with Gasteiger partial charge in [0.2, 0.25) is 0 Å². The lowest BCUT2D eigenvalue weighted by atomic mass is 9.98. The largest absolute Gasteiger partial charge is 0.416 e. The van der Waals surface area contributed by atoms with Gasteiger partial charge in [-0.2, -0.15) is 13.2 Å². The number of hydrogen-bond donors (Lipinski definition) is 1. The Morgan fingerprint density at radius 3 is 2.20 bits per heavy atom. The molecule has 0 atom stereocenters. The van der Waals surface area contributed by atoms with Crippen molar-refractivity contribution in [3.8, 4) is 0 Å². The molecule has 0 saturated heterocycles. The minimum absolute atomic E-state index is 0.107. The number of nitrogens with zero attached hydrogens (tertiary/aromatic N) is 1. The van der Waals surface area contributed by atoms with Crippen LogP contribution in [0.3, 0.4) is 0 Å². The highest BCUT2D eigenvalue weighted by Crippen LogP contribution is 2.32. The van der Waals surface area contributed by atoms with Crippen LogP contribution in [0.1, 0.15) is 30.7 Å². The summed E-state index contributed by atoms with van der Waals surface area (Å²) in [7, 11) is 0. The van der Waals surface area contributed by atoms with E-state index in [0.717, 1.165) is 6.07 Å². The molecule has 0 amide bonds. The minimum atomic E-state index is -4.35. The van der Waals surface area contributed by atoms with Crippen LogP contribution in [0.2, 0.25) is 0 Å². The second kappa shape index (κ2) is 3.48. The molecule has 2 nitrogen and oxygen atoms in total. The zero-order chi connectivity index (χ0) is 11.9. The highest BCUT2D eigenvalue weighted by atomic mass is 19.4. The highest BCUT2D eigenvalue weighted by Gasteiger charge is 2.33. The van der Waals surface area contributed by atoms with Crippen molar-refractivity contribution in [2.24, 2.45) is 5.73 Å². The number of rotatable bonds is 1. The first-order chi connectivity index (χ1) is 6.62. The summed E-state index contributed by atoms with van der Waals surface area (Å²) < 4.78 is 37.6. The fourth-order valence-corrected chi connectivity index (χ4v) is 1.18. The van der Waals surface area contributed by atoms with Gasteiger partial charge in [0.25, 0.3) is 0 Å². The third-order valence-corrected chi connectivity index (χ3v) is 2.07. The van der Waals surface area contributed by atoms with Crippen LogP contribution in [-0.4, -0.2) is 4.98 Å². The van der Waals surface area contributed by atoms with Gasteiger partial charge in [0.05, 0.1) is 16.8 Å². The summed E-state index contributed by atoms with van der Waals surface area (Å²) in [6.45, 7) is 4.61. The Labute approximate surface area is 86.3 Å². The summed E-state index contributed by atoms with van der Waals surface area (Å²) in [6.07, 6.45) is -3.15. The van der Waals surface area contributed by atoms with Crippen molar-refractivity contribution in [3.63, 3.8) is 0 Å². The Morgan fingerprint density at radius 1 is 1.27 bits per heavy atom. The maximum absolute atomic E-state index is 12.5. The molecule has 0 aliphatic rings. The molecule has 84 valence electrons. The quantitative estimate of drug-likeness (QED) is 0.786. The van der Waals surface area contributed by atoms with Gasteiger partial charge < -0.3 is 5.73 Å². The average molecular weight is 218 g/mol. The normalized spacial score (nSPS) is 13.0. The third-order valence-electron chi connectivity index (χ3n) is 2.07. The van der Waals surface area contributed by atoms with Crippen molar-refractivity contribution in [3.05, 3.63) is 29.1 Å². The van der Waals surface area contributed by atoms with Gasteiger partial charge in [-0.1, -0.05) is 0 Å². The summed E-state index contributed by atoms with van der Waals surface area (Å²) in [4.78, 5) is 3.90. The van der Waals surface area contributed by atoms with E-state index in [1.54, 1.807) is 13.8 Å². The van der Waals surface area contributed by atoms with E-state index in [0.29, 0.717) is 0 Å². The van der Waals surface area contributed by atoms with Crippen LogP contribution in [0.25, 0.3) is 0 Å². The summed E-state index contributed by atoms with van der Waals surface area (Å²) in [5.74, 6) is 0. The fraction of sp³-hybridized carbons (Fsp3) is 0.500. The number of aromatic nitrogens is 1. The Hall–Kier alpha value is -1.10. The van der Waals surface area contributed by atoms with Crippen LogP contribution >= 0.6 is 0 Å². The molecule has 0 fully saturated rings. The first kappa shape index (κ1) is 12.0. The number of nitrogens with two attached hydrogens (primary N) is 1. The zero-order valence-corrected chi connectivity index (χ0v) is 8.81. The molecule has 1 rings (SSSR count). The SMILES string of the molecule is Cc1cnc(C(C)(C)N)cc1C(F)(F)F. The Balaban J connectivity index is 3.30. The summed E-state index contributed by atoms with van der Waals surface area (Å²) in [5, 5.41) is 0. The van der Waals surface area contributed by atoms with Gasteiger partial charge in [0.1, 0.15) is 0 Å². The number of alkyl halides is 3. The Kier molecular flexibility index (Phi) is 2.78. The standard InChI is InChI=1S/C10H13F3N2/c1-6-5-15-8(9(2,3)14)4-7(6)10(11,12)13/h4-5H,14H2,1-3H3. The molecule has 0 spiro atoms. The van der Waals surface area contributed by atoms with Crippen molar-refractivity contribution >= 4 is 0 Å². The second-order valence-electron chi connectivity index (χ2n) is 4.10. The molecule has 0 aromatic carbocycles. The second-order valence-corrected chi connectivity index (χ2v) is 4.10. The van der Waals surface area contributed by atoms with Crippen molar-refractivity contribution in [1.82, 2.24) is 4.98 Å². The zero-order valence-electron chi connectivity index (χ0n) is 8.81. The maximum atomic E-state index is 12.5. The van der Waals surface area contributed by atoms with Gasteiger partial charge in [-0.05, 0) is 32.4 Å². The number of aryl methyl sites for hydroxylation is 1. The van der Waals surface area contributed by atoms with E-state index in [1.807, 2.05) is 0 Å². The van der Waals surface area contributed by atoms with Gasteiger partial charge in [-0.25, -0.2) is 0 Å². The van der Waals surface area contributed by atoms with E-state index >= 15 is 0 Å². The van der Waals surface area contributed by atoms with E-state index in [1.165, 1.54) is 13.1 Å². The van der Waals surface area contributed by atoms with E-state index < -0.39 is 17.3 Å². The van der Waals surface area contributed by atoms with Crippen molar-refractivity contribution in [1.29, 1.82) is 0 Å². The third kappa shape index (κ3) is 2.68. The van der Waals surface area contributed by atoms with Gasteiger partial charge in [-0.3, -0.25) is 4.98 Å². The van der Waals surface area contributed by atoms with Crippen LogP contribution in [0.4, 0.5) is 13.2 Å². The van der Waals surface area contributed by atoms with Crippen LogP contribution in [0.15, 0.2) is 12.3 Å². The predicted molar refractivity (Wildman–Crippen MR) is 51.2 cm³/mol. The molecule has 0 radical (unpaired) electrons.